The fourth-order valence-electron chi connectivity index (χ4n) is 1.78. The number of carbonyl (C=O) groups is 1. The zero-order chi connectivity index (χ0) is 14.0. The number of rotatable bonds is 4. The Kier molecular flexibility index (Phi) is 4.07. The first kappa shape index (κ1) is 13.8. The third-order valence-electron chi connectivity index (χ3n) is 2.61. The van der Waals surface area contributed by atoms with Gasteiger partial charge in [-0.25, -0.2) is 9.48 Å². The maximum absolute atomic E-state index is 11.1. The van der Waals surface area contributed by atoms with Crippen molar-refractivity contribution in [2.75, 3.05) is 0 Å². The minimum absolute atomic E-state index is 0.0575. The zero-order valence-electron chi connectivity index (χ0n) is 10.1. The Labute approximate surface area is 119 Å². The number of carboxylic acids is 1. The van der Waals surface area contributed by atoms with E-state index in [1.54, 1.807) is 18.2 Å². The van der Waals surface area contributed by atoms with Gasteiger partial charge in [-0.2, -0.15) is 0 Å². The first-order chi connectivity index (χ1) is 9.06. The molecule has 100 valence electrons. The molecule has 0 saturated heterocycles. The van der Waals surface area contributed by atoms with Gasteiger partial charge in [-0.1, -0.05) is 47.8 Å². The number of halogens is 2. The van der Waals surface area contributed by atoms with Crippen molar-refractivity contribution in [3.63, 3.8) is 0 Å². The highest BCUT2D eigenvalue weighted by molar-refractivity contribution is 6.43. The first-order valence-electron chi connectivity index (χ1n) is 5.68. The fourth-order valence-corrected chi connectivity index (χ4v) is 2.15. The molecule has 0 unspecified atom stereocenters. The van der Waals surface area contributed by atoms with E-state index < -0.39 is 5.97 Å². The van der Waals surface area contributed by atoms with E-state index in [0.717, 1.165) is 6.42 Å². The largest absolute Gasteiger partial charge is 0.476 e. The highest BCUT2D eigenvalue weighted by atomic mass is 35.5. The summed E-state index contributed by atoms with van der Waals surface area (Å²) in [7, 11) is 0. The summed E-state index contributed by atoms with van der Waals surface area (Å²) >= 11 is 12.1. The predicted molar refractivity (Wildman–Crippen MR) is 72.3 cm³/mol. The lowest BCUT2D eigenvalue weighted by Crippen LogP contribution is -2.07. The molecule has 0 saturated carbocycles. The first-order valence-corrected chi connectivity index (χ1v) is 6.44. The van der Waals surface area contributed by atoms with E-state index in [4.69, 9.17) is 28.3 Å². The van der Waals surface area contributed by atoms with Crippen LogP contribution in [-0.2, 0) is 6.42 Å². The monoisotopic (exact) mass is 299 g/mol. The maximum Gasteiger partial charge on any atom is 0.358 e. The number of hydrogen-bond donors (Lipinski definition) is 1. The van der Waals surface area contributed by atoms with E-state index in [-0.39, 0.29) is 5.69 Å². The standard InChI is InChI=1S/C12H11Cl2N3O2/c1-2-4-9-11(12(18)19)15-16-17(9)8-6-3-5-7(13)10(8)14/h3,5-6H,2,4H2,1H3,(H,18,19). The summed E-state index contributed by atoms with van der Waals surface area (Å²) in [6, 6.07) is 5.09. The number of hydrogen-bond acceptors (Lipinski definition) is 3. The number of benzene rings is 1. The van der Waals surface area contributed by atoms with Crippen molar-refractivity contribution < 1.29 is 9.90 Å². The second kappa shape index (κ2) is 5.59. The van der Waals surface area contributed by atoms with Crippen molar-refractivity contribution in [3.05, 3.63) is 39.6 Å². The van der Waals surface area contributed by atoms with Gasteiger partial charge >= 0.3 is 5.97 Å². The summed E-state index contributed by atoms with van der Waals surface area (Å²) in [5, 5.41) is 17.4. The molecule has 0 spiro atoms. The average molecular weight is 300 g/mol. The molecule has 0 bridgehead atoms. The molecule has 5 nitrogen and oxygen atoms in total. The topological polar surface area (TPSA) is 68.0 Å². The molecule has 0 fully saturated rings. The van der Waals surface area contributed by atoms with Crippen molar-refractivity contribution in [2.24, 2.45) is 0 Å². The summed E-state index contributed by atoms with van der Waals surface area (Å²) in [5.41, 5.74) is 0.981. The lowest BCUT2D eigenvalue weighted by molar-refractivity contribution is 0.0689. The number of aromatic carboxylic acids is 1. The molecule has 2 aromatic rings. The van der Waals surface area contributed by atoms with Crippen LogP contribution in [0.1, 0.15) is 29.5 Å². The van der Waals surface area contributed by atoms with Gasteiger partial charge in [0.2, 0.25) is 0 Å². The molecule has 1 N–H and O–H groups in total. The van der Waals surface area contributed by atoms with Gasteiger partial charge in [0.1, 0.15) is 0 Å². The minimum Gasteiger partial charge on any atom is -0.476 e. The van der Waals surface area contributed by atoms with Gasteiger partial charge in [0.05, 0.1) is 21.4 Å². The zero-order valence-corrected chi connectivity index (χ0v) is 11.6. The smallest absolute Gasteiger partial charge is 0.358 e. The van der Waals surface area contributed by atoms with Gasteiger partial charge < -0.3 is 5.11 Å². The van der Waals surface area contributed by atoms with Crippen LogP contribution in [0.3, 0.4) is 0 Å². The van der Waals surface area contributed by atoms with Crippen LogP contribution in [0.5, 0.6) is 0 Å². The van der Waals surface area contributed by atoms with E-state index >= 15 is 0 Å². The van der Waals surface area contributed by atoms with Crippen LogP contribution in [0.15, 0.2) is 18.2 Å². The summed E-state index contributed by atoms with van der Waals surface area (Å²) in [5.74, 6) is -1.10. The van der Waals surface area contributed by atoms with E-state index in [0.29, 0.717) is 27.8 Å². The normalized spacial score (nSPS) is 10.7. The third-order valence-corrected chi connectivity index (χ3v) is 3.42. The van der Waals surface area contributed by atoms with Crippen molar-refractivity contribution >= 4 is 29.2 Å². The quantitative estimate of drug-likeness (QED) is 0.941. The Morgan fingerprint density at radius 3 is 2.79 bits per heavy atom. The number of carboxylic acid groups (broad SMARTS) is 1. The second-order valence-corrected chi connectivity index (χ2v) is 4.71. The van der Waals surface area contributed by atoms with Crippen molar-refractivity contribution in [1.82, 2.24) is 15.0 Å². The van der Waals surface area contributed by atoms with Crippen LogP contribution in [-0.4, -0.2) is 26.1 Å². The van der Waals surface area contributed by atoms with Crippen molar-refractivity contribution in [3.8, 4) is 5.69 Å². The minimum atomic E-state index is -1.10. The Hall–Kier alpha value is -1.59. The van der Waals surface area contributed by atoms with E-state index in [2.05, 4.69) is 10.3 Å². The van der Waals surface area contributed by atoms with Crippen LogP contribution in [0, 0.1) is 0 Å². The summed E-state index contributed by atoms with van der Waals surface area (Å²) in [4.78, 5) is 11.1. The predicted octanol–water partition coefficient (Wildman–Crippen LogP) is 3.22. The average Bonchev–Trinajstić information content (AvgIpc) is 2.77. The van der Waals surface area contributed by atoms with Crippen LogP contribution >= 0.6 is 23.2 Å². The van der Waals surface area contributed by atoms with Gasteiger partial charge in [-0.05, 0) is 18.6 Å². The molecule has 1 aromatic carbocycles. The molecule has 0 radical (unpaired) electrons. The molecule has 1 aromatic heterocycles. The number of nitrogens with zero attached hydrogens (tertiary/aromatic N) is 3. The van der Waals surface area contributed by atoms with Gasteiger partial charge in [-0.3, -0.25) is 0 Å². The Morgan fingerprint density at radius 1 is 1.42 bits per heavy atom. The second-order valence-electron chi connectivity index (χ2n) is 3.92. The van der Waals surface area contributed by atoms with Crippen LogP contribution in [0.4, 0.5) is 0 Å². The molecule has 2 rings (SSSR count). The molecule has 0 aliphatic heterocycles. The van der Waals surface area contributed by atoms with Crippen LogP contribution in [0.2, 0.25) is 10.0 Å². The molecule has 7 heteroatoms. The SMILES string of the molecule is CCCc1c(C(=O)O)nnn1-c1cccc(Cl)c1Cl. The third kappa shape index (κ3) is 2.57. The van der Waals surface area contributed by atoms with Crippen LogP contribution < -0.4 is 0 Å². The molecule has 0 atom stereocenters. The number of aromatic nitrogens is 3. The van der Waals surface area contributed by atoms with Gasteiger partial charge in [0, 0.05) is 0 Å². The maximum atomic E-state index is 11.1. The molecule has 0 aliphatic carbocycles. The van der Waals surface area contributed by atoms with E-state index in [1.165, 1.54) is 4.68 Å². The Balaban J connectivity index is 2.62. The van der Waals surface area contributed by atoms with Crippen molar-refractivity contribution in [1.29, 1.82) is 0 Å². The molecular weight excluding hydrogens is 289 g/mol. The highest BCUT2D eigenvalue weighted by Gasteiger charge is 2.20. The lowest BCUT2D eigenvalue weighted by atomic mass is 10.2. The van der Waals surface area contributed by atoms with E-state index in [9.17, 15) is 4.79 Å². The molecule has 1 heterocycles. The van der Waals surface area contributed by atoms with Gasteiger partial charge in [-0.15, -0.1) is 5.10 Å². The van der Waals surface area contributed by atoms with Gasteiger partial charge in [0.15, 0.2) is 5.69 Å². The summed E-state index contributed by atoms with van der Waals surface area (Å²) in [6.45, 7) is 1.95. The van der Waals surface area contributed by atoms with Crippen LogP contribution in [0.25, 0.3) is 5.69 Å². The van der Waals surface area contributed by atoms with Gasteiger partial charge in [0.25, 0.3) is 0 Å². The Bertz CT molecular complexity index is 625. The molecule has 19 heavy (non-hydrogen) atoms. The van der Waals surface area contributed by atoms with E-state index in [1.807, 2.05) is 6.92 Å². The molecule has 0 aliphatic rings. The molecule has 0 amide bonds. The highest BCUT2D eigenvalue weighted by Crippen LogP contribution is 2.29. The van der Waals surface area contributed by atoms with Crippen molar-refractivity contribution in [2.45, 2.75) is 19.8 Å². The summed E-state index contributed by atoms with van der Waals surface area (Å²) < 4.78 is 1.43. The Morgan fingerprint density at radius 2 is 2.16 bits per heavy atom. The fraction of sp³-hybridized carbons (Fsp3) is 0.250. The lowest BCUT2D eigenvalue weighted by Gasteiger charge is -2.08. The summed E-state index contributed by atoms with van der Waals surface area (Å²) in [6.07, 6.45) is 1.31. The molecular formula is C12H11Cl2N3O2.